The van der Waals surface area contributed by atoms with E-state index >= 15 is 0 Å². The van der Waals surface area contributed by atoms with Gasteiger partial charge in [-0.25, -0.2) is 0 Å². The normalized spacial score (nSPS) is 48.9. The van der Waals surface area contributed by atoms with Crippen molar-refractivity contribution in [1.82, 2.24) is 0 Å². The molecular formula is C31H48N6O14. The third-order valence-corrected chi connectivity index (χ3v) is 10.1. The summed E-state index contributed by atoms with van der Waals surface area (Å²) in [6, 6.07) is 4.49. The van der Waals surface area contributed by atoms with Crippen molar-refractivity contribution in [2.45, 2.75) is 129 Å². The van der Waals surface area contributed by atoms with Crippen LogP contribution < -0.4 is 28.7 Å². The fourth-order valence-electron chi connectivity index (χ4n) is 7.09. The number of nitrogens with zero attached hydrogens (tertiary/aromatic N) is 1. The van der Waals surface area contributed by atoms with Crippen molar-refractivity contribution in [2.75, 3.05) is 19.8 Å². The molecule has 0 bridgehead atoms. The molecule has 4 aliphatic heterocycles. The minimum absolute atomic E-state index is 0.00839. The van der Waals surface area contributed by atoms with E-state index in [-0.39, 0.29) is 19.6 Å². The molecule has 5 fully saturated rings. The fourth-order valence-corrected chi connectivity index (χ4v) is 7.09. The van der Waals surface area contributed by atoms with Gasteiger partial charge < -0.3 is 97.2 Å². The highest BCUT2D eigenvalue weighted by atomic mass is 16.8. The van der Waals surface area contributed by atoms with Crippen LogP contribution in [0.2, 0.25) is 0 Å². The van der Waals surface area contributed by atoms with E-state index in [1.54, 1.807) is 24.3 Å². The van der Waals surface area contributed by atoms with E-state index in [1.165, 1.54) is 0 Å². The molecule has 1 saturated carbocycles. The fraction of sp³-hybridized carbons (Fsp3) is 0.774. The second kappa shape index (κ2) is 16.1. The number of aliphatic hydroxyl groups is 6. The molecule has 0 spiro atoms. The summed E-state index contributed by atoms with van der Waals surface area (Å²) < 4.78 is 47.5. The molecular weight excluding hydrogens is 680 g/mol. The minimum atomic E-state index is -1.61. The summed E-state index contributed by atoms with van der Waals surface area (Å²) in [7, 11) is 0. The van der Waals surface area contributed by atoms with Gasteiger partial charge in [0.15, 0.2) is 25.2 Å². The lowest BCUT2D eigenvalue weighted by molar-refractivity contribution is -0.356. The van der Waals surface area contributed by atoms with E-state index in [4.69, 9.17) is 71.8 Å². The lowest BCUT2D eigenvalue weighted by Crippen LogP contribution is -2.69. The number of hydrogen-bond acceptors (Lipinski definition) is 20. The Bertz CT molecular complexity index is 1340. The van der Waals surface area contributed by atoms with Crippen molar-refractivity contribution in [1.29, 1.82) is 5.26 Å². The van der Waals surface area contributed by atoms with E-state index in [1.807, 2.05) is 6.07 Å². The van der Waals surface area contributed by atoms with Crippen LogP contribution in [0.15, 0.2) is 24.3 Å². The summed E-state index contributed by atoms with van der Waals surface area (Å²) in [5.74, 6) is 0. The first-order chi connectivity index (χ1) is 24.4. The van der Waals surface area contributed by atoms with Gasteiger partial charge in [-0.15, -0.1) is 0 Å². The van der Waals surface area contributed by atoms with Gasteiger partial charge in [0, 0.05) is 24.2 Å². The van der Waals surface area contributed by atoms with Crippen LogP contribution >= 0.6 is 0 Å². The molecule has 20 nitrogen and oxygen atoms in total. The average molecular weight is 729 g/mol. The Morgan fingerprint density at radius 2 is 1.33 bits per heavy atom. The molecule has 5 aliphatic rings. The van der Waals surface area contributed by atoms with Gasteiger partial charge in [0.2, 0.25) is 0 Å². The molecule has 4 heterocycles. The molecule has 20 heteroatoms. The number of hydrogen-bond donors (Lipinski definition) is 11. The number of ether oxygens (including phenoxy) is 8. The second-order valence-electron chi connectivity index (χ2n) is 13.5. The Labute approximate surface area is 292 Å². The topological polar surface area (TPSA) is 349 Å². The molecule has 1 aromatic rings. The van der Waals surface area contributed by atoms with E-state index in [2.05, 4.69) is 0 Å². The van der Waals surface area contributed by atoms with Gasteiger partial charge in [-0.05, 0) is 18.6 Å². The molecule has 1 aromatic carbocycles. The van der Waals surface area contributed by atoms with E-state index < -0.39 is 129 Å². The molecule has 0 amide bonds. The molecule has 51 heavy (non-hydrogen) atoms. The molecule has 20 atom stereocenters. The molecule has 6 rings (SSSR count). The average Bonchev–Trinajstić information content (AvgIpc) is 3.43. The number of rotatable bonds is 9. The lowest BCUT2D eigenvalue weighted by atomic mass is 9.84. The summed E-state index contributed by atoms with van der Waals surface area (Å²) in [5.41, 5.74) is 31.8. The number of fused-ring (bicyclic) bond motifs is 1. The first-order valence-corrected chi connectivity index (χ1v) is 16.8. The van der Waals surface area contributed by atoms with Crippen LogP contribution in [-0.2, 0) is 37.9 Å². The maximum absolute atomic E-state index is 11.3. The van der Waals surface area contributed by atoms with Crippen molar-refractivity contribution >= 4 is 0 Å². The highest BCUT2D eigenvalue weighted by Gasteiger charge is 2.55. The van der Waals surface area contributed by atoms with Crippen molar-refractivity contribution < 1.29 is 68.5 Å². The second-order valence-corrected chi connectivity index (χ2v) is 13.5. The van der Waals surface area contributed by atoms with Crippen molar-refractivity contribution in [3.8, 4) is 6.07 Å². The number of nitrogens with two attached hydrogens (primary N) is 5. The largest absolute Gasteiger partial charge is 0.394 e. The Kier molecular flexibility index (Phi) is 12.2. The monoisotopic (exact) mass is 728 g/mol. The maximum Gasteiger partial charge on any atom is 0.187 e. The minimum Gasteiger partial charge on any atom is -0.394 e. The van der Waals surface area contributed by atoms with Gasteiger partial charge in [0.05, 0.1) is 43.0 Å². The Balaban J connectivity index is 1.13. The van der Waals surface area contributed by atoms with Gasteiger partial charge in [-0.1, -0.05) is 12.1 Å². The van der Waals surface area contributed by atoms with E-state index in [9.17, 15) is 30.6 Å². The zero-order valence-electron chi connectivity index (χ0n) is 27.5. The third-order valence-electron chi connectivity index (χ3n) is 10.1. The van der Waals surface area contributed by atoms with Crippen LogP contribution in [0.25, 0.3) is 0 Å². The number of aliphatic hydroxyl groups excluding tert-OH is 6. The zero-order chi connectivity index (χ0) is 36.7. The molecule has 1 aliphatic carbocycles. The molecule has 16 N–H and O–H groups in total. The summed E-state index contributed by atoms with van der Waals surface area (Å²) in [6.07, 6.45) is -19.9. The van der Waals surface area contributed by atoms with E-state index in [0.29, 0.717) is 11.1 Å². The van der Waals surface area contributed by atoms with Crippen LogP contribution in [0, 0.1) is 11.3 Å². The molecule has 286 valence electrons. The smallest absolute Gasteiger partial charge is 0.187 e. The molecule has 2 unspecified atom stereocenters. The highest BCUT2D eigenvalue weighted by Crippen LogP contribution is 2.37. The zero-order valence-corrected chi connectivity index (χ0v) is 27.5. The van der Waals surface area contributed by atoms with Gasteiger partial charge in [-0.3, -0.25) is 0 Å². The maximum atomic E-state index is 11.3. The summed E-state index contributed by atoms with van der Waals surface area (Å²) in [5, 5.41) is 73.4. The summed E-state index contributed by atoms with van der Waals surface area (Å²) >= 11 is 0. The van der Waals surface area contributed by atoms with Crippen LogP contribution in [0.4, 0.5) is 0 Å². The Hall–Kier alpha value is -2.05. The molecule has 0 radical (unpaired) electrons. The van der Waals surface area contributed by atoms with Crippen LogP contribution in [0.5, 0.6) is 0 Å². The standard InChI is InChI=1S/C31H48N6O14/c32-6-10-1-3-11(4-2-10)28-44-9-16-26(49-28)22(42)18(37)30(47-16)48-24-13(35)5-12(34)19(39)27(24)51-31-23(43)25(15(8-38)46-31)50-29-17(36)21(41)20(40)14(7-33)45-29/h1-4,12-31,38-43H,5,7-9,33-37H2/t12-,13+,14?,15-,16-,17-,18-,19+,20-,21-,22-,23-,24+,25-,26-,27-,28?,29-,30-,31+/m1/s1. The van der Waals surface area contributed by atoms with Gasteiger partial charge in [0.25, 0.3) is 0 Å². The lowest BCUT2D eigenvalue weighted by Gasteiger charge is -2.49. The van der Waals surface area contributed by atoms with Crippen molar-refractivity contribution in [2.24, 2.45) is 28.7 Å². The van der Waals surface area contributed by atoms with Gasteiger partial charge >= 0.3 is 0 Å². The first kappa shape index (κ1) is 38.7. The number of benzene rings is 1. The predicted molar refractivity (Wildman–Crippen MR) is 168 cm³/mol. The van der Waals surface area contributed by atoms with Crippen molar-refractivity contribution in [3.63, 3.8) is 0 Å². The van der Waals surface area contributed by atoms with Crippen LogP contribution in [-0.4, -0.2) is 167 Å². The third kappa shape index (κ3) is 7.66. The number of nitriles is 1. The van der Waals surface area contributed by atoms with Gasteiger partial charge in [-0.2, -0.15) is 5.26 Å². The first-order valence-electron chi connectivity index (χ1n) is 16.8. The van der Waals surface area contributed by atoms with Crippen LogP contribution in [0.1, 0.15) is 23.8 Å². The quantitative estimate of drug-likeness (QED) is 0.113. The van der Waals surface area contributed by atoms with Gasteiger partial charge in [0.1, 0.15) is 67.1 Å². The van der Waals surface area contributed by atoms with E-state index in [0.717, 1.165) is 0 Å². The van der Waals surface area contributed by atoms with Crippen molar-refractivity contribution in [3.05, 3.63) is 35.4 Å². The summed E-state index contributed by atoms with van der Waals surface area (Å²) in [4.78, 5) is 0. The predicted octanol–water partition coefficient (Wildman–Crippen LogP) is -6.23. The highest BCUT2D eigenvalue weighted by molar-refractivity contribution is 5.32. The summed E-state index contributed by atoms with van der Waals surface area (Å²) in [6.45, 7) is -0.828. The molecule has 4 saturated heterocycles. The Morgan fingerprint density at radius 1 is 0.706 bits per heavy atom. The van der Waals surface area contributed by atoms with Crippen LogP contribution in [0.3, 0.4) is 0 Å². The Morgan fingerprint density at radius 3 is 2.00 bits per heavy atom. The molecule has 0 aromatic heterocycles. The SMILES string of the molecule is N#Cc1ccc(C2OC[C@H]3O[C@H](O[C@@H]4[C@H](O[C@@H]5O[C@H](CO)[C@@H](O[C@H]6OC(CN)[C@@H](O)[C@H](O)[C@H]6N)[C@H]5O)[C@@H](O)[C@H](N)C[C@@H]4N)[C@H](N)[C@@H](O)[C@@H]3O2)cc1.